The minimum Gasteiger partial charge on any atom is -0.503 e. The van der Waals surface area contributed by atoms with Crippen molar-refractivity contribution in [1.82, 2.24) is 9.47 Å². The van der Waals surface area contributed by atoms with Gasteiger partial charge < -0.3 is 19.9 Å². The molecule has 1 aromatic rings. The number of nitrogens with zero attached hydrogens (tertiary/aromatic N) is 2. The van der Waals surface area contributed by atoms with Crippen LogP contribution in [-0.2, 0) is 19.7 Å². The van der Waals surface area contributed by atoms with Crippen LogP contribution in [0, 0.1) is 5.92 Å². The molecule has 0 saturated carbocycles. The molecule has 1 atom stereocenters. The summed E-state index contributed by atoms with van der Waals surface area (Å²) >= 11 is 0. The van der Waals surface area contributed by atoms with E-state index in [-0.39, 0.29) is 25.5 Å². The fourth-order valence-electron chi connectivity index (χ4n) is 3.05. The van der Waals surface area contributed by atoms with Gasteiger partial charge >= 0.3 is 0 Å². The average Bonchev–Trinajstić information content (AvgIpc) is 2.46. The van der Waals surface area contributed by atoms with Gasteiger partial charge in [-0.05, 0) is 25.3 Å². The largest absolute Gasteiger partial charge is 0.503 e. The SMILES string of the molecule is CC1CCCN(Cc2c(O)c(=O)cc(CO)n2CCO)C1. The Morgan fingerprint density at radius 2 is 2.14 bits per heavy atom. The third kappa shape index (κ3) is 3.64. The van der Waals surface area contributed by atoms with Gasteiger partial charge in [0.2, 0.25) is 5.43 Å². The van der Waals surface area contributed by atoms with Crippen molar-refractivity contribution in [2.75, 3.05) is 19.7 Å². The second kappa shape index (κ2) is 7.06. The van der Waals surface area contributed by atoms with Gasteiger partial charge in [0, 0.05) is 31.4 Å². The Morgan fingerprint density at radius 1 is 1.38 bits per heavy atom. The molecule has 6 nitrogen and oxygen atoms in total. The van der Waals surface area contributed by atoms with E-state index in [4.69, 9.17) is 0 Å². The Morgan fingerprint density at radius 3 is 2.76 bits per heavy atom. The van der Waals surface area contributed by atoms with Crippen molar-refractivity contribution < 1.29 is 15.3 Å². The normalized spacial score (nSPS) is 19.9. The number of hydrogen-bond donors (Lipinski definition) is 3. The van der Waals surface area contributed by atoms with Crippen molar-refractivity contribution in [1.29, 1.82) is 0 Å². The molecule has 0 aromatic carbocycles. The summed E-state index contributed by atoms with van der Waals surface area (Å²) in [5.74, 6) is 0.318. The Hall–Kier alpha value is -1.37. The Bertz CT molecular complexity index is 541. The first-order valence-electron chi connectivity index (χ1n) is 7.45. The summed E-state index contributed by atoms with van der Waals surface area (Å²) in [7, 11) is 0. The van der Waals surface area contributed by atoms with Crippen molar-refractivity contribution in [3.8, 4) is 5.75 Å². The summed E-state index contributed by atoms with van der Waals surface area (Å²) in [6.07, 6.45) is 2.30. The second-order valence-corrected chi connectivity index (χ2v) is 5.81. The number of aliphatic hydroxyl groups is 2. The lowest BCUT2D eigenvalue weighted by Gasteiger charge is -2.32. The fourth-order valence-corrected chi connectivity index (χ4v) is 3.05. The zero-order valence-corrected chi connectivity index (χ0v) is 12.5. The summed E-state index contributed by atoms with van der Waals surface area (Å²) in [5, 5.41) is 28.7. The highest BCUT2D eigenvalue weighted by Gasteiger charge is 2.21. The lowest BCUT2D eigenvalue weighted by atomic mass is 10.00. The van der Waals surface area contributed by atoms with E-state index in [9.17, 15) is 20.1 Å². The van der Waals surface area contributed by atoms with Gasteiger partial charge in [-0.15, -0.1) is 0 Å². The highest BCUT2D eigenvalue weighted by atomic mass is 16.3. The average molecular weight is 296 g/mol. The van der Waals surface area contributed by atoms with Gasteiger partial charge in [-0.2, -0.15) is 0 Å². The standard InChI is InChI=1S/C15H24N2O4/c1-11-3-2-4-16(8-11)9-13-15(21)14(20)7-12(10-19)17(13)5-6-18/h7,11,18-19,21H,2-6,8-10H2,1H3. The van der Waals surface area contributed by atoms with E-state index in [2.05, 4.69) is 11.8 Å². The van der Waals surface area contributed by atoms with Crippen molar-refractivity contribution in [2.24, 2.45) is 5.92 Å². The van der Waals surface area contributed by atoms with E-state index < -0.39 is 5.43 Å². The summed E-state index contributed by atoms with van der Waals surface area (Å²) in [6, 6.07) is 1.23. The van der Waals surface area contributed by atoms with E-state index in [0.29, 0.717) is 23.9 Å². The van der Waals surface area contributed by atoms with Crippen LogP contribution in [0.2, 0.25) is 0 Å². The molecule has 118 valence electrons. The van der Waals surface area contributed by atoms with Crippen LogP contribution in [0.25, 0.3) is 0 Å². The Kier molecular flexibility index (Phi) is 5.39. The number of pyridine rings is 1. The van der Waals surface area contributed by atoms with Crippen LogP contribution in [0.3, 0.4) is 0 Å². The van der Waals surface area contributed by atoms with E-state index in [0.717, 1.165) is 19.5 Å². The van der Waals surface area contributed by atoms with Crippen molar-refractivity contribution in [3.05, 3.63) is 27.7 Å². The lowest BCUT2D eigenvalue weighted by Crippen LogP contribution is -2.35. The molecule has 21 heavy (non-hydrogen) atoms. The molecule has 3 N–H and O–H groups in total. The molecule has 1 aliphatic heterocycles. The first-order chi connectivity index (χ1) is 10.1. The van der Waals surface area contributed by atoms with Crippen LogP contribution in [-0.4, -0.2) is 44.5 Å². The molecular weight excluding hydrogens is 272 g/mol. The molecule has 0 amide bonds. The Balaban J connectivity index is 2.35. The van der Waals surface area contributed by atoms with Gasteiger partial charge in [-0.3, -0.25) is 9.69 Å². The molecule has 0 spiro atoms. The van der Waals surface area contributed by atoms with Gasteiger partial charge in [0.1, 0.15) is 0 Å². The maximum absolute atomic E-state index is 11.8. The van der Waals surface area contributed by atoms with Gasteiger partial charge in [-0.25, -0.2) is 0 Å². The van der Waals surface area contributed by atoms with Gasteiger partial charge in [0.25, 0.3) is 0 Å². The first kappa shape index (κ1) is 16.0. The maximum Gasteiger partial charge on any atom is 0.223 e. The molecular formula is C15H24N2O4. The fraction of sp³-hybridized carbons (Fsp3) is 0.667. The number of aromatic nitrogens is 1. The predicted molar refractivity (Wildman–Crippen MR) is 79.1 cm³/mol. The molecule has 2 heterocycles. The van der Waals surface area contributed by atoms with E-state index in [1.807, 2.05) is 0 Å². The number of rotatable bonds is 5. The van der Waals surface area contributed by atoms with E-state index in [1.54, 1.807) is 4.57 Å². The van der Waals surface area contributed by atoms with E-state index in [1.165, 1.54) is 12.5 Å². The van der Waals surface area contributed by atoms with Crippen molar-refractivity contribution >= 4 is 0 Å². The smallest absolute Gasteiger partial charge is 0.223 e. The quantitative estimate of drug-likeness (QED) is 0.726. The molecule has 1 saturated heterocycles. The number of aliphatic hydroxyl groups excluding tert-OH is 2. The minimum absolute atomic E-state index is 0.112. The van der Waals surface area contributed by atoms with Crippen LogP contribution >= 0.6 is 0 Å². The molecule has 6 heteroatoms. The Labute approximate surface area is 124 Å². The number of piperidine rings is 1. The topological polar surface area (TPSA) is 85.9 Å². The van der Waals surface area contributed by atoms with E-state index >= 15 is 0 Å². The zero-order valence-electron chi connectivity index (χ0n) is 12.5. The lowest BCUT2D eigenvalue weighted by molar-refractivity contribution is 0.167. The molecule has 0 bridgehead atoms. The molecule has 1 fully saturated rings. The number of likely N-dealkylation sites (tertiary alicyclic amines) is 1. The number of aromatic hydroxyl groups is 1. The molecule has 1 aliphatic rings. The van der Waals surface area contributed by atoms with Crippen molar-refractivity contribution in [3.63, 3.8) is 0 Å². The highest BCUT2D eigenvalue weighted by Crippen LogP contribution is 2.22. The van der Waals surface area contributed by atoms with Crippen LogP contribution < -0.4 is 5.43 Å². The van der Waals surface area contributed by atoms with Gasteiger partial charge in [-0.1, -0.05) is 6.92 Å². The zero-order chi connectivity index (χ0) is 15.4. The summed E-state index contributed by atoms with van der Waals surface area (Å²) < 4.78 is 1.65. The summed E-state index contributed by atoms with van der Waals surface area (Å²) in [4.78, 5) is 14.0. The maximum atomic E-state index is 11.8. The predicted octanol–water partition coefficient (Wildman–Crippen LogP) is 0.270. The van der Waals surface area contributed by atoms with Crippen LogP contribution in [0.4, 0.5) is 0 Å². The summed E-state index contributed by atoms with van der Waals surface area (Å²) in [6.45, 7) is 4.35. The third-order valence-corrected chi connectivity index (χ3v) is 4.08. The molecule has 0 radical (unpaired) electrons. The first-order valence-corrected chi connectivity index (χ1v) is 7.45. The molecule has 1 aromatic heterocycles. The second-order valence-electron chi connectivity index (χ2n) is 5.81. The summed E-state index contributed by atoms with van der Waals surface area (Å²) in [5.41, 5.74) is 0.426. The van der Waals surface area contributed by atoms with Crippen molar-refractivity contribution in [2.45, 2.75) is 39.5 Å². The van der Waals surface area contributed by atoms with Crippen LogP contribution in [0.5, 0.6) is 5.75 Å². The van der Waals surface area contributed by atoms with Gasteiger partial charge in [0.05, 0.1) is 18.9 Å². The van der Waals surface area contributed by atoms with Crippen LogP contribution in [0.1, 0.15) is 31.2 Å². The minimum atomic E-state index is -0.478. The third-order valence-electron chi connectivity index (χ3n) is 4.08. The molecule has 0 aliphatic carbocycles. The van der Waals surface area contributed by atoms with Gasteiger partial charge in [0.15, 0.2) is 5.75 Å². The molecule has 2 rings (SSSR count). The highest BCUT2D eigenvalue weighted by molar-refractivity contribution is 5.30. The molecule has 1 unspecified atom stereocenters. The monoisotopic (exact) mass is 296 g/mol. The number of hydrogen-bond acceptors (Lipinski definition) is 5. The van der Waals surface area contributed by atoms with Crippen LogP contribution in [0.15, 0.2) is 10.9 Å².